The van der Waals surface area contributed by atoms with Crippen molar-refractivity contribution in [3.63, 3.8) is 0 Å². The molecule has 4 aromatic rings. The zero-order chi connectivity index (χ0) is 28.6. The Kier molecular flexibility index (Phi) is 9.94. The van der Waals surface area contributed by atoms with Crippen LogP contribution in [0.5, 0.6) is 5.88 Å². The van der Waals surface area contributed by atoms with Crippen molar-refractivity contribution in [2.75, 3.05) is 36.7 Å². The normalized spacial score (nSPS) is 12.2. The number of benzene rings is 1. The molecule has 0 spiro atoms. The molecule has 40 heavy (non-hydrogen) atoms. The lowest BCUT2D eigenvalue weighted by Gasteiger charge is -2.17. The van der Waals surface area contributed by atoms with Gasteiger partial charge in [-0.15, -0.1) is 0 Å². The molecule has 8 nitrogen and oxygen atoms in total. The first kappa shape index (κ1) is 29.3. The van der Waals surface area contributed by atoms with Gasteiger partial charge in [-0.1, -0.05) is 20.8 Å². The minimum Gasteiger partial charge on any atom is -0.478 e. The van der Waals surface area contributed by atoms with Crippen LogP contribution in [0.2, 0.25) is 0 Å². The second kappa shape index (κ2) is 13.6. The molecule has 1 unspecified atom stereocenters. The molecule has 0 fully saturated rings. The van der Waals surface area contributed by atoms with Gasteiger partial charge in [0.2, 0.25) is 11.7 Å². The van der Waals surface area contributed by atoms with E-state index in [9.17, 15) is 13.4 Å². The maximum Gasteiger partial charge on any atom is 0.213 e. The molecule has 1 atom stereocenters. The highest BCUT2D eigenvalue weighted by atomic mass is 32.2. The number of nitrogens with zero attached hydrogens (tertiary/aromatic N) is 3. The highest BCUT2D eigenvalue weighted by Gasteiger charge is 2.25. The number of hydrogen-bond donors (Lipinski definition) is 2. The highest BCUT2D eigenvalue weighted by Crippen LogP contribution is 2.29. The first-order valence-corrected chi connectivity index (χ1v) is 14.6. The number of rotatable bonds is 14. The first-order valence-electron chi connectivity index (χ1n) is 13.3. The molecule has 1 aromatic carbocycles. The molecule has 0 bridgehead atoms. The van der Waals surface area contributed by atoms with Gasteiger partial charge in [-0.2, -0.15) is 0 Å². The van der Waals surface area contributed by atoms with Crippen molar-refractivity contribution in [3.05, 3.63) is 71.7 Å². The number of aromatic amines is 1. The average molecular weight is 570 g/mol. The Hall–Kier alpha value is -3.70. The molecule has 3 aromatic heterocycles. The number of pyridine rings is 2. The van der Waals surface area contributed by atoms with Crippen molar-refractivity contribution in [1.29, 1.82) is 0 Å². The molecule has 11 heteroatoms. The van der Waals surface area contributed by atoms with Crippen LogP contribution in [0.4, 0.5) is 14.5 Å². The van der Waals surface area contributed by atoms with E-state index in [0.29, 0.717) is 35.5 Å². The van der Waals surface area contributed by atoms with E-state index in [2.05, 4.69) is 38.4 Å². The topological polar surface area (TPSA) is 100 Å². The number of ketones is 1. The molecule has 0 saturated heterocycles. The summed E-state index contributed by atoms with van der Waals surface area (Å²) in [5.41, 5.74) is 0.951. The van der Waals surface area contributed by atoms with Crippen LogP contribution in [-0.4, -0.2) is 61.8 Å². The zero-order valence-electron chi connectivity index (χ0n) is 22.8. The van der Waals surface area contributed by atoms with E-state index in [1.54, 1.807) is 24.5 Å². The van der Waals surface area contributed by atoms with Crippen LogP contribution in [0.1, 0.15) is 49.5 Å². The van der Waals surface area contributed by atoms with Gasteiger partial charge < -0.3 is 19.3 Å². The molecule has 212 valence electrons. The Morgan fingerprint density at radius 2 is 1.85 bits per heavy atom. The third-order valence-corrected chi connectivity index (χ3v) is 7.77. The number of aromatic nitrogens is 3. The second-order valence-corrected chi connectivity index (χ2v) is 10.5. The summed E-state index contributed by atoms with van der Waals surface area (Å²) in [6, 6.07) is 7.46. The third kappa shape index (κ3) is 6.71. The summed E-state index contributed by atoms with van der Waals surface area (Å²) in [5.74, 6) is -2.16. The molecule has 0 saturated carbocycles. The standard InChI is InChI=1S/C29H33F2N5O3S/c1-4-14-40(38)35-24-10-9-23(30)26(27(24)31)28(37)22-18-34-29-21(22)15-20(17-33-29)19-8-11-25(32-16-19)39-13-7-12-36(5-2)6-3/h8-11,15-18,35H,4-7,12-14H2,1-3H3,(H,33,34). The Morgan fingerprint density at radius 1 is 1.07 bits per heavy atom. The average Bonchev–Trinajstić information content (AvgIpc) is 3.38. The SMILES string of the molecule is CCCS(=O)Nc1ccc(F)c(C(=O)c2c[nH]c3ncc(-c4ccc(OCCCN(CC)CC)nc4)cc23)c1F. The Labute approximate surface area is 234 Å². The van der Waals surface area contributed by atoms with Crippen molar-refractivity contribution < 1.29 is 22.5 Å². The summed E-state index contributed by atoms with van der Waals surface area (Å²) < 4.78 is 50.3. The maximum absolute atomic E-state index is 15.2. The molecule has 2 N–H and O–H groups in total. The summed E-state index contributed by atoms with van der Waals surface area (Å²) in [6.45, 7) is 9.63. The number of fused-ring (bicyclic) bond motifs is 1. The fourth-order valence-electron chi connectivity index (χ4n) is 4.32. The van der Waals surface area contributed by atoms with Gasteiger partial charge >= 0.3 is 0 Å². The van der Waals surface area contributed by atoms with Gasteiger partial charge in [0.1, 0.15) is 22.5 Å². The number of anilines is 1. The molecule has 0 aliphatic rings. The molecule has 3 heterocycles. The number of H-pyrrole nitrogens is 1. The molecule has 4 rings (SSSR count). The quantitative estimate of drug-likeness (QED) is 0.149. The monoisotopic (exact) mass is 569 g/mol. The van der Waals surface area contributed by atoms with Crippen LogP contribution >= 0.6 is 0 Å². The van der Waals surface area contributed by atoms with E-state index >= 15 is 4.39 Å². The number of nitrogens with one attached hydrogen (secondary N) is 2. The van der Waals surface area contributed by atoms with Crippen molar-refractivity contribution in [1.82, 2.24) is 19.9 Å². The number of ether oxygens (including phenoxy) is 1. The highest BCUT2D eigenvalue weighted by molar-refractivity contribution is 7.86. The van der Waals surface area contributed by atoms with Gasteiger partial charge in [-0.05, 0) is 50.2 Å². The summed E-state index contributed by atoms with van der Waals surface area (Å²) in [6.07, 6.45) is 6.17. The van der Waals surface area contributed by atoms with Gasteiger partial charge in [-0.3, -0.25) is 4.79 Å². The van der Waals surface area contributed by atoms with E-state index in [4.69, 9.17) is 4.74 Å². The maximum atomic E-state index is 15.2. The lowest BCUT2D eigenvalue weighted by atomic mass is 10.00. The molecular weight excluding hydrogens is 536 g/mol. The van der Waals surface area contributed by atoms with Gasteiger partial charge in [0.15, 0.2) is 5.82 Å². The number of halogens is 2. The van der Waals surface area contributed by atoms with Crippen molar-refractivity contribution in [2.24, 2.45) is 0 Å². The van der Waals surface area contributed by atoms with Crippen molar-refractivity contribution >= 4 is 33.5 Å². The van der Waals surface area contributed by atoms with Crippen LogP contribution < -0.4 is 9.46 Å². The fraction of sp³-hybridized carbons (Fsp3) is 0.345. The van der Waals surface area contributed by atoms with Gasteiger partial charge in [0.25, 0.3) is 0 Å². The van der Waals surface area contributed by atoms with Crippen LogP contribution in [-0.2, 0) is 11.0 Å². The van der Waals surface area contributed by atoms with Crippen molar-refractivity contribution in [2.45, 2.75) is 33.6 Å². The summed E-state index contributed by atoms with van der Waals surface area (Å²) in [4.78, 5) is 27.3. The Morgan fingerprint density at radius 3 is 2.55 bits per heavy atom. The summed E-state index contributed by atoms with van der Waals surface area (Å²) in [7, 11) is -1.56. The lowest BCUT2D eigenvalue weighted by molar-refractivity contribution is 0.103. The predicted octanol–water partition coefficient (Wildman–Crippen LogP) is 5.73. The van der Waals surface area contributed by atoms with E-state index in [1.807, 2.05) is 13.0 Å². The van der Waals surface area contributed by atoms with Crippen LogP contribution in [0.3, 0.4) is 0 Å². The fourth-order valence-corrected chi connectivity index (χ4v) is 5.20. The molecule has 0 amide bonds. The van der Waals surface area contributed by atoms with Crippen LogP contribution in [0, 0.1) is 11.6 Å². The largest absolute Gasteiger partial charge is 0.478 e. The Balaban J connectivity index is 1.54. The third-order valence-electron chi connectivity index (χ3n) is 6.54. The number of hydrogen-bond acceptors (Lipinski definition) is 6. The minimum atomic E-state index is -1.56. The van der Waals surface area contributed by atoms with Crippen molar-refractivity contribution in [3.8, 4) is 17.0 Å². The molecule has 0 aliphatic heterocycles. The number of carbonyl (C=O) groups excluding carboxylic acids is 1. The smallest absolute Gasteiger partial charge is 0.213 e. The van der Waals surface area contributed by atoms with E-state index in [-0.39, 0.29) is 17.0 Å². The summed E-state index contributed by atoms with van der Waals surface area (Å²) >= 11 is 0. The lowest BCUT2D eigenvalue weighted by Crippen LogP contribution is -2.25. The van der Waals surface area contributed by atoms with Gasteiger partial charge in [0, 0.05) is 59.0 Å². The predicted molar refractivity (Wildman–Crippen MR) is 154 cm³/mol. The zero-order valence-corrected chi connectivity index (χ0v) is 23.6. The second-order valence-electron chi connectivity index (χ2n) is 9.20. The Bertz CT molecular complexity index is 1490. The summed E-state index contributed by atoms with van der Waals surface area (Å²) in [5, 5.41) is 0.408. The molecular formula is C29H33F2N5O3S. The first-order chi connectivity index (χ1) is 19.4. The van der Waals surface area contributed by atoms with E-state index in [1.165, 1.54) is 6.20 Å². The van der Waals surface area contributed by atoms with Gasteiger partial charge in [0.05, 0.1) is 17.9 Å². The minimum absolute atomic E-state index is 0.0649. The number of carbonyl (C=O) groups is 1. The van der Waals surface area contributed by atoms with Gasteiger partial charge in [-0.25, -0.2) is 23.0 Å². The van der Waals surface area contributed by atoms with E-state index < -0.39 is 34.0 Å². The van der Waals surface area contributed by atoms with E-state index in [0.717, 1.165) is 43.8 Å². The molecule has 0 radical (unpaired) electrons. The van der Waals surface area contributed by atoms with Crippen LogP contribution in [0.15, 0.2) is 48.9 Å². The molecule has 0 aliphatic carbocycles. The van der Waals surface area contributed by atoms with Crippen LogP contribution in [0.25, 0.3) is 22.2 Å².